The summed E-state index contributed by atoms with van der Waals surface area (Å²) in [5.41, 5.74) is 3.48. The summed E-state index contributed by atoms with van der Waals surface area (Å²) in [6, 6.07) is 5.95. The lowest BCUT2D eigenvalue weighted by Gasteiger charge is -2.11. The van der Waals surface area contributed by atoms with Gasteiger partial charge in [0.2, 0.25) is 5.91 Å². The number of hydrogen-bond donors (Lipinski definition) is 1. The first-order valence-corrected chi connectivity index (χ1v) is 11.7. The molecule has 0 atom stereocenters. The number of amides is 1. The van der Waals surface area contributed by atoms with Crippen molar-refractivity contribution in [3.63, 3.8) is 0 Å². The molecule has 2 aromatic rings. The lowest BCUT2D eigenvalue weighted by molar-refractivity contribution is -0.137. The van der Waals surface area contributed by atoms with Crippen LogP contribution < -0.4 is 10.1 Å². The predicted octanol–water partition coefficient (Wildman–Crippen LogP) is 7.21. The first-order valence-electron chi connectivity index (χ1n) is 11.3. The van der Waals surface area contributed by atoms with Crippen molar-refractivity contribution in [2.75, 3.05) is 0 Å². The molecule has 2 rings (SSSR count). The summed E-state index contributed by atoms with van der Waals surface area (Å²) in [5.74, 6) is -0.308. The molecule has 0 saturated carbocycles. The fourth-order valence-corrected chi connectivity index (χ4v) is 2.92. The normalized spacial score (nSPS) is 11.6. The topological polar surface area (TPSA) is 68.3 Å². The van der Waals surface area contributed by atoms with Gasteiger partial charge in [0.1, 0.15) is 5.82 Å². The maximum Gasteiger partial charge on any atom is 0.313 e. The van der Waals surface area contributed by atoms with Gasteiger partial charge in [-0.05, 0) is 61.2 Å². The molecule has 1 heterocycles. The van der Waals surface area contributed by atoms with E-state index >= 15 is 0 Å². The fourth-order valence-electron chi connectivity index (χ4n) is 2.75. The zero-order valence-corrected chi connectivity index (χ0v) is 22.2. The number of nitrogens with zero attached hydrogens (tertiary/aromatic N) is 1. The van der Waals surface area contributed by atoms with Crippen LogP contribution in [0.1, 0.15) is 47.1 Å². The summed E-state index contributed by atoms with van der Waals surface area (Å²) in [6.45, 7) is 16.5. The number of pyridine rings is 1. The van der Waals surface area contributed by atoms with Gasteiger partial charge < -0.3 is 10.1 Å². The highest BCUT2D eigenvalue weighted by molar-refractivity contribution is 6.30. The van der Waals surface area contributed by atoms with E-state index in [2.05, 4.69) is 16.9 Å². The number of nitrogens with one attached hydrogen (secondary N) is 1. The van der Waals surface area contributed by atoms with Crippen LogP contribution in [0.25, 0.3) is 11.3 Å². The van der Waals surface area contributed by atoms with Crippen LogP contribution in [0, 0.1) is 24.6 Å². The van der Waals surface area contributed by atoms with Gasteiger partial charge in [0, 0.05) is 23.2 Å². The van der Waals surface area contributed by atoms with E-state index in [4.69, 9.17) is 16.3 Å². The number of hydrogen-bond acceptors (Lipinski definition) is 4. The summed E-state index contributed by atoms with van der Waals surface area (Å²) in [7, 11) is 0. The van der Waals surface area contributed by atoms with Crippen molar-refractivity contribution >= 4 is 23.5 Å². The molecule has 188 valence electrons. The van der Waals surface area contributed by atoms with E-state index in [-0.39, 0.29) is 17.8 Å². The van der Waals surface area contributed by atoms with E-state index in [0.29, 0.717) is 33.5 Å². The molecule has 0 fully saturated rings. The molecule has 1 aromatic heterocycles. The Labute approximate surface area is 212 Å². The zero-order chi connectivity index (χ0) is 26.7. The van der Waals surface area contributed by atoms with Gasteiger partial charge in [0.25, 0.3) is 0 Å². The largest absolute Gasteiger partial charge is 0.424 e. The van der Waals surface area contributed by atoms with E-state index in [9.17, 15) is 14.0 Å². The number of esters is 1. The molecule has 0 bridgehead atoms. The van der Waals surface area contributed by atoms with E-state index in [1.54, 1.807) is 32.9 Å². The number of halogens is 2. The van der Waals surface area contributed by atoms with Crippen molar-refractivity contribution in [3.05, 3.63) is 82.9 Å². The van der Waals surface area contributed by atoms with Crippen LogP contribution in [0.5, 0.6) is 5.75 Å². The minimum atomic E-state index is -0.404. The molecule has 0 spiro atoms. The number of rotatable bonds is 7. The summed E-state index contributed by atoms with van der Waals surface area (Å²) >= 11 is 5.88. The van der Waals surface area contributed by atoms with Gasteiger partial charge in [-0.2, -0.15) is 0 Å². The Morgan fingerprint density at radius 1 is 1.14 bits per heavy atom. The van der Waals surface area contributed by atoms with Crippen molar-refractivity contribution in [2.45, 2.75) is 48.5 Å². The Kier molecular flexibility index (Phi) is 12.1. The smallest absolute Gasteiger partial charge is 0.313 e. The van der Waals surface area contributed by atoms with Gasteiger partial charge in [-0.1, -0.05) is 58.0 Å². The Hall–Kier alpha value is -3.25. The molecule has 0 radical (unpaired) electrons. The SMILES string of the molecule is C=C/C=C(C)\C=C(\NC(C)=O)C(C)C.Cc1cc(-c2cc(Cl)ccc2F)ncc1OC(=O)C(C)C. The summed E-state index contributed by atoms with van der Waals surface area (Å²) in [4.78, 5) is 26.6. The predicted molar refractivity (Wildman–Crippen MR) is 141 cm³/mol. The molecule has 1 aromatic carbocycles. The van der Waals surface area contributed by atoms with Crippen LogP contribution in [0.2, 0.25) is 5.02 Å². The summed E-state index contributed by atoms with van der Waals surface area (Å²) in [6.07, 6.45) is 7.03. The van der Waals surface area contributed by atoms with Gasteiger partial charge in [0.05, 0.1) is 17.8 Å². The van der Waals surface area contributed by atoms with Crippen LogP contribution in [0.15, 0.2) is 66.5 Å². The van der Waals surface area contributed by atoms with Crippen LogP contribution in [0.3, 0.4) is 0 Å². The van der Waals surface area contributed by atoms with E-state index < -0.39 is 5.82 Å². The van der Waals surface area contributed by atoms with E-state index in [1.807, 2.05) is 32.9 Å². The molecular formula is C28H34ClFN2O3. The molecule has 0 aliphatic rings. The Balaban J connectivity index is 0.000000383. The Bertz CT molecular complexity index is 1120. The van der Waals surface area contributed by atoms with Crippen molar-refractivity contribution in [1.82, 2.24) is 10.3 Å². The number of ether oxygens (including phenoxy) is 1. The second-order valence-electron chi connectivity index (χ2n) is 8.62. The monoisotopic (exact) mass is 500 g/mol. The number of allylic oxidation sites excluding steroid dienone is 5. The van der Waals surface area contributed by atoms with Gasteiger partial charge >= 0.3 is 5.97 Å². The van der Waals surface area contributed by atoms with Gasteiger partial charge in [-0.3, -0.25) is 14.6 Å². The zero-order valence-electron chi connectivity index (χ0n) is 21.4. The highest BCUT2D eigenvalue weighted by atomic mass is 35.5. The van der Waals surface area contributed by atoms with Crippen molar-refractivity contribution in [2.24, 2.45) is 11.8 Å². The summed E-state index contributed by atoms with van der Waals surface area (Å²) < 4.78 is 19.0. The van der Waals surface area contributed by atoms with Crippen LogP contribution in [-0.4, -0.2) is 16.9 Å². The highest BCUT2D eigenvalue weighted by Crippen LogP contribution is 2.28. The van der Waals surface area contributed by atoms with Crippen molar-refractivity contribution in [3.8, 4) is 17.0 Å². The number of aryl methyl sites for hydroxylation is 1. The third-order valence-corrected chi connectivity index (χ3v) is 4.89. The van der Waals surface area contributed by atoms with E-state index in [0.717, 1.165) is 11.3 Å². The highest BCUT2D eigenvalue weighted by Gasteiger charge is 2.14. The fraction of sp³-hybridized carbons (Fsp3) is 0.321. The lowest BCUT2D eigenvalue weighted by Crippen LogP contribution is -2.22. The minimum absolute atomic E-state index is 0.0312. The van der Waals surface area contributed by atoms with Crippen LogP contribution in [-0.2, 0) is 9.59 Å². The van der Waals surface area contributed by atoms with Crippen LogP contribution >= 0.6 is 11.6 Å². The molecule has 0 aliphatic heterocycles. The third kappa shape index (κ3) is 10.3. The van der Waals surface area contributed by atoms with Gasteiger partial charge in [-0.25, -0.2) is 4.39 Å². The molecule has 0 aliphatic carbocycles. The van der Waals surface area contributed by atoms with Crippen molar-refractivity contribution in [1.29, 1.82) is 0 Å². The molecule has 7 heteroatoms. The Morgan fingerprint density at radius 3 is 2.31 bits per heavy atom. The number of benzene rings is 1. The quantitative estimate of drug-likeness (QED) is 0.322. The first-order chi connectivity index (χ1) is 16.3. The molecular weight excluding hydrogens is 467 g/mol. The molecule has 1 N–H and O–H groups in total. The lowest BCUT2D eigenvalue weighted by atomic mass is 10.1. The van der Waals surface area contributed by atoms with Gasteiger partial charge in [0.15, 0.2) is 5.75 Å². The van der Waals surface area contributed by atoms with Crippen LogP contribution in [0.4, 0.5) is 4.39 Å². The maximum absolute atomic E-state index is 13.8. The molecule has 0 unspecified atom stereocenters. The minimum Gasteiger partial charge on any atom is -0.424 e. The second kappa shape index (κ2) is 14.2. The average molecular weight is 501 g/mol. The molecule has 1 amide bonds. The van der Waals surface area contributed by atoms with Crippen molar-refractivity contribution < 1.29 is 18.7 Å². The number of carbonyl (C=O) groups excluding carboxylic acids is 2. The molecule has 5 nitrogen and oxygen atoms in total. The second-order valence-corrected chi connectivity index (χ2v) is 9.05. The third-order valence-electron chi connectivity index (χ3n) is 4.66. The Morgan fingerprint density at radius 2 is 1.80 bits per heavy atom. The standard InChI is InChI=1S/C16H15ClFNO2.C12H19NO/c1-9(2)16(20)21-15-8-19-14(6-10(15)3)12-7-11(17)4-5-13(12)18;1-6-7-10(4)8-12(9(2)3)13-11(5)14/h4-9H,1-3H3;6-9H,1H2,2-5H3,(H,13,14)/b;10-7-,12-8+. The van der Waals surface area contributed by atoms with Gasteiger partial charge in [-0.15, -0.1) is 0 Å². The summed E-state index contributed by atoms with van der Waals surface area (Å²) in [5, 5.41) is 3.25. The number of aromatic nitrogens is 1. The molecule has 35 heavy (non-hydrogen) atoms. The average Bonchev–Trinajstić information content (AvgIpc) is 2.76. The maximum atomic E-state index is 13.8. The van der Waals surface area contributed by atoms with E-state index in [1.165, 1.54) is 31.3 Å². The first kappa shape index (κ1) is 29.8. The number of carbonyl (C=O) groups is 2. The molecule has 0 saturated heterocycles.